The maximum Gasteiger partial charge on any atom is 0.255 e. The van der Waals surface area contributed by atoms with Crippen LogP contribution in [0.25, 0.3) is 43.2 Å². The molecule has 1 amide bonds. The number of phenolic OH excluding ortho intramolecular Hbond substituents is 1. The van der Waals surface area contributed by atoms with Crippen molar-refractivity contribution in [3.8, 4) is 11.5 Å². The molecule has 0 aliphatic heterocycles. The average molecular weight is 408 g/mol. The van der Waals surface area contributed by atoms with E-state index in [9.17, 15) is 9.90 Å². The molecule has 1 heterocycles. The molecule has 5 aromatic rings. The Kier molecular flexibility index (Phi) is 3.81. The molecule has 1 aliphatic rings. The Hall–Kier alpha value is -3.86. The van der Waals surface area contributed by atoms with Gasteiger partial charge in [0.2, 0.25) is 0 Å². The Morgan fingerprint density at radius 3 is 2.74 bits per heavy atom. The number of hydrogen-bond acceptors (Lipinski definition) is 4. The predicted molar refractivity (Wildman–Crippen MR) is 123 cm³/mol. The second-order valence-corrected chi connectivity index (χ2v) is 8.17. The highest BCUT2D eigenvalue weighted by Crippen LogP contribution is 2.45. The van der Waals surface area contributed by atoms with Crippen molar-refractivity contribution in [2.75, 3.05) is 6.61 Å². The standard InChI is InChI=1S/C26H20N2O3/c27-22(29)13-31-21-9-8-15-11-20-23-14(5-3-7-18(23)24(15)26(21)30)10-19-17-6-2-1-4-16(17)12-28-25(19)20/h1-2,4,6,8-12,30H,3,5,7,13H2,(H2,27,29). The Bertz CT molecular complexity index is 1560. The highest BCUT2D eigenvalue weighted by Gasteiger charge is 2.22. The zero-order valence-electron chi connectivity index (χ0n) is 16.8. The van der Waals surface area contributed by atoms with Gasteiger partial charge in [-0.25, -0.2) is 0 Å². The van der Waals surface area contributed by atoms with Crippen molar-refractivity contribution >= 4 is 49.1 Å². The lowest BCUT2D eigenvalue weighted by atomic mass is 9.83. The average Bonchev–Trinajstić information content (AvgIpc) is 2.78. The van der Waals surface area contributed by atoms with E-state index in [0.29, 0.717) is 0 Å². The van der Waals surface area contributed by atoms with Gasteiger partial charge in [0, 0.05) is 27.7 Å². The fourth-order valence-electron chi connectivity index (χ4n) is 5.06. The largest absolute Gasteiger partial charge is 0.504 e. The van der Waals surface area contributed by atoms with Crippen LogP contribution >= 0.6 is 0 Å². The van der Waals surface area contributed by atoms with E-state index in [0.717, 1.165) is 51.9 Å². The number of hydrogen-bond donors (Lipinski definition) is 2. The molecule has 0 fully saturated rings. The number of rotatable bonds is 3. The number of primary amides is 1. The third-order valence-corrected chi connectivity index (χ3v) is 6.32. The molecule has 6 rings (SSSR count). The van der Waals surface area contributed by atoms with Gasteiger partial charge in [0.05, 0.1) is 5.52 Å². The van der Waals surface area contributed by atoms with E-state index in [-0.39, 0.29) is 18.1 Å². The molecule has 0 spiro atoms. The van der Waals surface area contributed by atoms with Crippen molar-refractivity contribution in [2.24, 2.45) is 5.73 Å². The first-order valence-electron chi connectivity index (χ1n) is 10.4. The number of benzene rings is 4. The number of phenols is 1. The highest BCUT2D eigenvalue weighted by atomic mass is 16.5. The lowest BCUT2D eigenvalue weighted by molar-refractivity contribution is -0.119. The summed E-state index contributed by atoms with van der Waals surface area (Å²) >= 11 is 0. The normalized spacial score (nSPS) is 13.3. The van der Waals surface area contributed by atoms with Gasteiger partial charge < -0.3 is 15.6 Å². The van der Waals surface area contributed by atoms with E-state index >= 15 is 0 Å². The second-order valence-electron chi connectivity index (χ2n) is 8.17. The van der Waals surface area contributed by atoms with Crippen molar-refractivity contribution in [2.45, 2.75) is 19.3 Å². The number of aromatic hydroxyl groups is 1. The van der Waals surface area contributed by atoms with Crippen LogP contribution in [0.15, 0.2) is 54.7 Å². The molecule has 5 nitrogen and oxygen atoms in total. The van der Waals surface area contributed by atoms with E-state index in [2.05, 4.69) is 30.3 Å². The van der Waals surface area contributed by atoms with Gasteiger partial charge in [-0.15, -0.1) is 0 Å². The van der Waals surface area contributed by atoms with Gasteiger partial charge >= 0.3 is 0 Å². The van der Waals surface area contributed by atoms with Crippen LogP contribution in [0.2, 0.25) is 0 Å². The van der Waals surface area contributed by atoms with Gasteiger partial charge in [0.25, 0.3) is 5.91 Å². The SMILES string of the molecule is NC(=O)COc1ccc2cc3c4c(cc5c6ccccc6cnc35)CCCc4c2c1O. The van der Waals surface area contributed by atoms with E-state index in [4.69, 9.17) is 15.5 Å². The van der Waals surface area contributed by atoms with E-state index in [1.807, 2.05) is 18.3 Å². The fraction of sp³-hybridized carbons (Fsp3) is 0.154. The molecule has 0 radical (unpaired) electrons. The van der Waals surface area contributed by atoms with Crippen molar-refractivity contribution in [1.29, 1.82) is 0 Å². The number of carbonyl (C=O) groups is 1. The smallest absolute Gasteiger partial charge is 0.255 e. The van der Waals surface area contributed by atoms with Gasteiger partial charge in [-0.05, 0) is 64.7 Å². The summed E-state index contributed by atoms with van der Waals surface area (Å²) in [6.07, 6.45) is 4.81. The van der Waals surface area contributed by atoms with Crippen LogP contribution in [0.5, 0.6) is 11.5 Å². The van der Waals surface area contributed by atoms with Crippen molar-refractivity contribution in [3.05, 3.63) is 65.9 Å². The van der Waals surface area contributed by atoms with E-state index in [1.54, 1.807) is 6.07 Å². The lowest BCUT2D eigenvalue weighted by Crippen LogP contribution is -2.20. The molecule has 1 aliphatic carbocycles. The van der Waals surface area contributed by atoms with Crippen LogP contribution in [-0.4, -0.2) is 22.6 Å². The highest BCUT2D eigenvalue weighted by molar-refractivity contribution is 6.20. The number of aryl methyl sites for hydroxylation is 2. The molecule has 0 saturated carbocycles. The first-order chi connectivity index (χ1) is 15.1. The van der Waals surface area contributed by atoms with Crippen LogP contribution in [0.4, 0.5) is 0 Å². The third kappa shape index (κ3) is 2.63. The molecular weight excluding hydrogens is 388 g/mol. The van der Waals surface area contributed by atoms with Crippen molar-refractivity contribution in [1.82, 2.24) is 4.98 Å². The number of ether oxygens (including phenoxy) is 1. The van der Waals surface area contributed by atoms with Gasteiger partial charge in [-0.3, -0.25) is 9.78 Å². The van der Waals surface area contributed by atoms with Gasteiger partial charge in [-0.2, -0.15) is 0 Å². The van der Waals surface area contributed by atoms with Crippen LogP contribution in [0.3, 0.4) is 0 Å². The maximum absolute atomic E-state index is 11.1. The predicted octanol–water partition coefficient (Wildman–Crippen LogP) is 4.75. The first kappa shape index (κ1) is 18.0. The zero-order chi connectivity index (χ0) is 21.1. The van der Waals surface area contributed by atoms with Crippen molar-refractivity contribution in [3.63, 3.8) is 0 Å². The number of aromatic nitrogens is 1. The summed E-state index contributed by atoms with van der Waals surface area (Å²) in [6, 6.07) is 16.3. The Morgan fingerprint density at radius 2 is 1.87 bits per heavy atom. The molecule has 5 heteroatoms. The Morgan fingerprint density at radius 1 is 1.00 bits per heavy atom. The number of nitrogens with zero attached hydrogens (tertiary/aromatic N) is 1. The molecule has 0 unspecified atom stereocenters. The number of fused-ring (bicyclic) bond motifs is 6. The second kappa shape index (κ2) is 6.57. The van der Waals surface area contributed by atoms with Gasteiger partial charge in [-0.1, -0.05) is 30.3 Å². The molecule has 152 valence electrons. The number of amides is 1. The van der Waals surface area contributed by atoms with Crippen LogP contribution in [-0.2, 0) is 17.6 Å². The Labute approximate surface area is 178 Å². The number of pyridine rings is 1. The fourth-order valence-corrected chi connectivity index (χ4v) is 5.06. The zero-order valence-corrected chi connectivity index (χ0v) is 16.8. The number of nitrogens with two attached hydrogens (primary N) is 1. The summed E-state index contributed by atoms with van der Waals surface area (Å²) in [5.41, 5.74) is 8.59. The molecule has 4 aromatic carbocycles. The molecule has 0 saturated heterocycles. The molecular formula is C26H20N2O3. The summed E-state index contributed by atoms with van der Waals surface area (Å²) in [5, 5.41) is 18.5. The molecule has 31 heavy (non-hydrogen) atoms. The molecule has 0 atom stereocenters. The quantitative estimate of drug-likeness (QED) is 0.333. The topological polar surface area (TPSA) is 85.4 Å². The minimum atomic E-state index is -0.577. The monoisotopic (exact) mass is 408 g/mol. The summed E-state index contributed by atoms with van der Waals surface area (Å²) in [4.78, 5) is 16.0. The number of carbonyl (C=O) groups excluding carboxylic acids is 1. The van der Waals surface area contributed by atoms with E-state index in [1.165, 1.54) is 21.7 Å². The minimum absolute atomic E-state index is 0.0649. The summed E-state index contributed by atoms with van der Waals surface area (Å²) in [6.45, 7) is -0.269. The van der Waals surface area contributed by atoms with Gasteiger partial charge in [0.15, 0.2) is 18.1 Å². The molecule has 3 N–H and O–H groups in total. The summed E-state index contributed by atoms with van der Waals surface area (Å²) in [5.74, 6) is -0.236. The summed E-state index contributed by atoms with van der Waals surface area (Å²) in [7, 11) is 0. The Balaban J connectivity index is 1.73. The van der Waals surface area contributed by atoms with Crippen LogP contribution in [0, 0.1) is 0 Å². The van der Waals surface area contributed by atoms with Gasteiger partial charge in [0.1, 0.15) is 0 Å². The summed E-state index contributed by atoms with van der Waals surface area (Å²) < 4.78 is 5.45. The molecule has 1 aromatic heterocycles. The lowest BCUT2D eigenvalue weighted by Gasteiger charge is -2.22. The first-order valence-corrected chi connectivity index (χ1v) is 10.4. The molecule has 0 bridgehead atoms. The van der Waals surface area contributed by atoms with E-state index < -0.39 is 5.91 Å². The minimum Gasteiger partial charge on any atom is -0.504 e. The van der Waals surface area contributed by atoms with Crippen LogP contribution < -0.4 is 10.5 Å². The maximum atomic E-state index is 11.1. The van der Waals surface area contributed by atoms with Crippen molar-refractivity contribution < 1.29 is 14.6 Å². The third-order valence-electron chi connectivity index (χ3n) is 6.32. The van der Waals surface area contributed by atoms with Crippen LogP contribution in [0.1, 0.15) is 17.5 Å².